The lowest BCUT2D eigenvalue weighted by Crippen LogP contribution is -2.53. The number of hydrogen-bond acceptors (Lipinski definition) is 3. The summed E-state index contributed by atoms with van der Waals surface area (Å²) in [4.78, 5) is 0. The van der Waals surface area contributed by atoms with Crippen molar-refractivity contribution >= 4 is 16.8 Å². The highest BCUT2D eigenvalue weighted by Gasteiger charge is 2.23. The van der Waals surface area contributed by atoms with Crippen molar-refractivity contribution in [2.24, 2.45) is 0 Å². The Hall–Kier alpha value is -2.85. The van der Waals surface area contributed by atoms with Gasteiger partial charge in [0.05, 0.1) is 0 Å². The molecular formula is C25H30FN3. The zero-order chi connectivity index (χ0) is 21.1. The number of halogens is 1. The molecule has 1 saturated heterocycles. The van der Waals surface area contributed by atoms with Gasteiger partial charge in [-0.05, 0) is 84.5 Å². The molecular weight excluding hydrogens is 361 g/mol. The maximum atomic E-state index is 13.8. The Morgan fingerprint density at radius 3 is 2.28 bits per heavy atom. The Morgan fingerprint density at radius 2 is 1.76 bits per heavy atom. The molecule has 0 atom stereocenters. The first-order chi connectivity index (χ1) is 13.8. The fourth-order valence-electron chi connectivity index (χ4n) is 3.63. The molecule has 152 valence electrons. The van der Waals surface area contributed by atoms with Crippen LogP contribution in [0, 0.1) is 19.7 Å². The van der Waals surface area contributed by atoms with Crippen molar-refractivity contribution in [3.63, 3.8) is 0 Å². The van der Waals surface area contributed by atoms with Crippen molar-refractivity contribution in [2.75, 3.05) is 32.5 Å². The van der Waals surface area contributed by atoms with E-state index in [1.165, 1.54) is 11.6 Å². The van der Waals surface area contributed by atoms with Gasteiger partial charge in [0.15, 0.2) is 0 Å². The van der Waals surface area contributed by atoms with Crippen molar-refractivity contribution in [2.45, 2.75) is 20.8 Å². The summed E-state index contributed by atoms with van der Waals surface area (Å²) in [6, 6.07) is 11.6. The van der Waals surface area contributed by atoms with Crippen molar-refractivity contribution in [1.82, 2.24) is 10.0 Å². The summed E-state index contributed by atoms with van der Waals surface area (Å²) >= 11 is 0. The number of nitrogens with one attached hydrogen (secondary N) is 1. The summed E-state index contributed by atoms with van der Waals surface area (Å²) in [5.41, 5.74) is 7.96. The van der Waals surface area contributed by atoms with E-state index in [2.05, 4.69) is 73.2 Å². The average molecular weight is 392 g/mol. The highest BCUT2D eigenvalue weighted by molar-refractivity contribution is 6.05. The molecule has 2 aromatic rings. The van der Waals surface area contributed by atoms with Gasteiger partial charge < -0.3 is 10.3 Å². The molecule has 3 nitrogen and oxygen atoms in total. The number of hydrogen-bond donors (Lipinski definition) is 1. The molecule has 4 heteroatoms. The topological polar surface area (TPSA) is 18.5 Å². The van der Waals surface area contributed by atoms with E-state index in [0.29, 0.717) is 5.56 Å². The SMILES string of the molecule is C=C(/C(=C\C(=C/C)N1CCN1C)c1ccc(NC)c(C)c1)c1ccc(F)c(C)c1. The standard InChI is InChI=1S/C25H30FN3/c1-7-22(29-13-12-28(29)6)16-23(21-9-11-25(27-5)18(3)15-21)19(4)20-8-10-24(26)17(2)14-20/h7-11,14-16,27H,4,12-13H2,1-3,5-6H3/b22-7+,23-16+. The minimum absolute atomic E-state index is 0.197. The number of nitrogens with zero attached hydrogens (tertiary/aromatic N) is 2. The minimum atomic E-state index is -0.197. The van der Waals surface area contributed by atoms with Gasteiger partial charge in [0.25, 0.3) is 0 Å². The molecule has 0 aliphatic carbocycles. The maximum Gasteiger partial charge on any atom is 0.126 e. The summed E-state index contributed by atoms with van der Waals surface area (Å²) in [5.74, 6) is -0.197. The molecule has 0 aromatic heterocycles. The molecule has 1 N–H and O–H groups in total. The molecule has 1 heterocycles. The molecule has 29 heavy (non-hydrogen) atoms. The lowest BCUT2D eigenvalue weighted by molar-refractivity contribution is -0.0521. The van der Waals surface area contributed by atoms with Crippen LogP contribution in [0.25, 0.3) is 11.1 Å². The van der Waals surface area contributed by atoms with Crippen LogP contribution in [0.1, 0.15) is 29.2 Å². The van der Waals surface area contributed by atoms with Gasteiger partial charge in [-0.2, -0.15) is 0 Å². The van der Waals surface area contributed by atoms with Crippen LogP contribution in [0.15, 0.2) is 60.8 Å². The first-order valence-electron chi connectivity index (χ1n) is 9.97. The average Bonchev–Trinajstić information content (AvgIpc) is 2.71. The monoisotopic (exact) mass is 391 g/mol. The molecule has 1 aliphatic heterocycles. The number of hydrazine groups is 1. The smallest absolute Gasteiger partial charge is 0.126 e. The van der Waals surface area contributed by atoms with Crippen molar-refractivity contribution < 1.29 is 4.39 Å². The Bertz CT molecular complexity index is 988. The van der Waals surface area contributed by atoms with Gasteiger partial charge in [0.1, 0.15) is 5.82 Å². The predicted molar refractivity (Wildman–Crippen MR) is 122 cm³/mol. The van der Waals surface area contributed by atoms with Gasteiger partial charge in [-0.15, -0.1) is 0 Å². The molecule has 1 fully saturated rings. The van der Waals surface area contributed by atoms with E-state index >= 15 is 0 Å². The number of anilines is 1. The highest BCUT2D eigenvalue weighted by Crippen LogP contribution is 2.34. The van der Waals surface area contributed by atoms with Gasteiger partial charge in [0, 0.05) is 38.6 Å². The van der Waals surface area contributed by atoms with Crippen LogP contribution in [0.4, 0.5) is 10.1 Å². The van der Waals surface area contributed by atoms with Crippen molar-refractivity contribution in [3.05, 3.63) is 88.9 Å². The van der Waals surface area contributed by atoms with Crippen molar-refractivity contribution in [1.29, 1.82) is 0 Å². The van der Waals surface area contributed by atoms with Gasteiger partial charge in [-0.25, -0.2) is 9.40 Å². The molecule has 2 aromatic carbocycles. The third kappa shape index (κ3) is 4.28. The first kappa shape index (κ1) is 20.9. The van der Waals surface area contributed by atoms with Gasteiger partial charge in [0.2, 0.25) is 0 Å². The molecule has 1 aliphatic rings. The van der Waals surface area contributed by atoms with Crippen LogP contribution in [-0.2, 0) is 0 Å². The van der Waals surface area contributed by atoms with Gasteiger partial charge >= 0.3 is 0 Å². The Kier molecular flexibility index (Phi) is 6.23. The quantitative estimate of drug-likeness (QED) is 0.642. The Labute approximate surface area is 173 Å². The number of likely N-dealkylation sites (N-methyl/N-ethyl adjacent to an activating group) is 1. The van der Waals surface area contributed by atoms with Crippen LogP contribution in [0.2, 0.25) is 0 Å². The van der Waals surface area contributed by atoms with E-state index in [1.807, 2.05) is 13.1 Å². The zero-order valence-corrected chi connectivity index (χ0v) is 18.0. The van der Waals surface area contributed by atoms with Crippen LogP contribution in [0.3, 0.4) is 0 Å². The normalized spacial score (nSPS) is 15.3. The third-order valence-corrected chi connectivity index (χ3v) is 5.57. The molecule has 0 spiro atoms. The van der Waals surface area contributed by atoms with E-state index in [0.717, 1.165) is 46.7 Å². The van der Waals surface area contributed by atoms with Crippen LogP contribution in [0.5, 0.6) is 0 Å². The number of allylic oxidation sites excluding steroid dienone is 4. The summed E-state index contributed by atoms with van der Waals surface area (Å²) in [5, 5.41) is 7.67. The lowest BCUT2D eigenvalue weighted by Gasteiger charge is -2.44. The molecule has 0 unspecified atom stereocenters. The largest absolute Gasteiger partial charge is 0.388 e. The van der Waals surface area contributed by atoms with Gasteiger partial charge in [-0.3, -0.25) is 0 Å². The summed E-state index contributed by atoms with van der Waals surface area (Å²) in [6.45, 7) is 12.4. The van der Waals surface area contributed by atoms with Crippen LogP contribution < -0.4 is 5.32 Å². The van der Waals surface area contributed by atoms with Crippen molar-refractivity contribution in [3.8, 4) is 0 Å². The lowest BCUT2D eigenvalue weighted by atomic mass is 9.90. The molecule has 0 amide bonds. The predicted octanol–water partition coefficient (Wildman–Crippen LogP) is 5.65. The highest BCUT2D eigenvalue weighted by atomic mass is 19.1. The van der Waals surface area contributed by atoms with E-state index < -0.39 is 0 Å². The Balaban J connectivity index is 2.10. The fraction of sp³-hybridized carbons (Fsp3) is 0.280. The fourth-order valence-corrected chi connectivity index (χ4v) is 3.63. The van der Waals surface area contributed by atoms with E-state index in [-0.39, 0.29) is 5.82 Å². The summed E-state index contributed by atoms with van der Waals surface area (Å²) < 4.78 is 13.8. The number of benzene rings is 2. The van der Waals surface area contributed by atoms with E-state index in [1.54, 1.807) is 13.0 Å². The minimum Gasteiger partial charge on any atom is -0.388 e. The summed E-state index contributed by atoms with van der Waals surface area (Å²) in [6.07, 6.45) is 4.30. The second kappa shape index (κ2) is 8.66. The Morgan fingerprint density at radius 1 is 1.07 bits per heavy atom. The molecule has 0 saturated carbocycles. The molecule has 3 rings (SSSR count). The van der Waals surface area contributed by atoms with Gasteiger partial charge in [-0.1, -0.05) is 24.8 Å². The van der Waals surface area contributed by atoms with Crippen LogP contribution >= 0.6 is 0 Å². The number of rotatable bonds is 6. The molecule has 0 bridgehead atoms. The third-order valence-electron chi connectivity index (χ3n) is 5.57. The second-order valence-corrected chi connectivity index (χ2v) is 7.50. The van der Waals surface area contributed by atoms with E-state index in [9.17, 15) is 4.39 Å². The first-order valence-corrected chi connectivity index (χ1v) is 9.97. The van der Waals surface area contributed by atoms with E-state index in [4.69, 9.17) is 0 Å². The summed E-state index contributed by atoms with van der Waals surface area (Å²) in [7, 11) is 4.02. The second-order valence-electron chi connectivity index (χ2n) is 7.50. The zero-order valence-electron chi connectivity index (χ0n) is 18.0. The maximum absolute atomic E-state index is 13.8. The molecule has 0 radical (unpaired) electrons. The number of aryl methyl sites for hydroxylation is 2. The van der Waals surface area contributed by atoms with Crippen LogP contribution in [-0.4, -0.2) is 37.2 Å².